The summed E-state index contributed by atoms with van der Waals surface area (Å²) in [5.41, 5.74) is 0. The Hall–Kier alpha value is -2.41. The first kappa shape index (κ1) is 54.6. The second-order valence-corrected chi connectivity index (χ2v) is 18.1. The van der Waals surface area contributed by atoms with Gasteiger partial charge in [-0.05, 0) is 70.1 Å². The molecule has 0 radical (unpaired) electrons. The molecule has 0 saturated heterocycles. The Morgan fingerprint density at radius 2 is 1.39 bits per heavy atom. The van der Waals surface area contributed by atoms with Crippen LogP contribution in [0.1, 0.15) is 136 Å². The SMILES string of the molecule is CC/C=C\C/C=C\C/C=C\C/C=C\CCCCC(=O)OC[C@H](COP(=O)(O)OCC[N+](C)(C)C)OC(=O)CCCCCC[C@@H]1[C@@H](/C=C/[C@@H](O)CCCCC)[C@H](O)C[C@@H]1O. The monoisotopic (exact) mass is 855 g/mol. The van der Waals surface area contributed by atoms with Crippen LogP contribution in [0.4, 0.5) is 0 Å². The summed E-state index contributed by atoms with van der Waals surface area (Å²) in [5, 5.41) is 31.4. The van der Waals surface area contributed by atoms with Crippen molar-refractivity contribution in [3.8, 4) is 0 Å². The van der Waals surface area contributed by atoms with E-state index in [-0.39, 0.29) is 37.9 Å². The van der Waals surface area contributed by atoms with Crippen molar-refractivity contribution in [2.45, 2.75) is 160 Å². The number of nitrogens with zero attached hydrogens (tertiary/aromatic N) is 1. The van der Waals surface area contributed by atoms with Gasteiger partial charge in [0.25, 0.3) is 0 Å². The summed E-state index contributed by atoms with van der Waals surface area (Å²) >= 11 is 0. The van der Waals surface area contributed by atoms with Crippen molar-refractivity contribution in [2.24, 2.45) is 11.8 Å². The first-order valence-electron chi connectivity index (χ1n) is 22.3. The molecule has 0 amide bonds. The van der Waals surface area contributed by atoms with Crippen molar-refractivity contribution < 1.29 is 57.4 Å². The molecule has 0 aromatic carbocycles. The molecule has 1 aliphatic rings. The lowest BCUT2D eigenvalue weighted by molar-refractivity contribution is -0.870. The number of aliphatic hydroxyl groups excluding tert-OH is 3. The zero-order chi connectivity index (χ0) is 43.8. The van der Waals surface area contributed by atoms with Crippen LogP contribution in [0.5, 0.6) is 0 Å². The maximum absolute atomic E-state index is 12.8. The molecule has 1 unspecified atom stereocenters. The third-order valence-electron chi connectivity index (χ3n) is 10.1. The van der Waals surface area contributed by atoms with Gasteiger partial charge in [-0.15, -0.1) is 0 Å². The fourth-order valence-electron chi connectivity index (χ4n) is 6.63. The molecular formula is C46H81NO11P+. The van der Waals surface area contributed by atoms with E-state index >= 15 is 0 Å². The number of phosphoric ester groups is 1. The van der Waals surface area contributed by atoms with Gasteiger partial charge in [-0.25, -0.2) is 4.57 Å². The number of allylic oxidation sites excluding steroid dienone is 8. The fraction of sp³-hybridized carbons (Fsp3) is 0.739. The van der Waals surface area contributed by atoms with Crippen molar-refractivity contribution in [1.82, 2.24) is 0 Å². The van der Waals surface area contributed by atoms with Crippen molar-refractivity contribution in [1.29, 1.82) is 0 Å². The van der Waals surface area contributed by atoms with E-state index in [2.05, 4.69) is 62.5 Å². The molecule has 340 valence electrons. The molecule has 1 saturated carbocycles. The number of quaternary nitrogens is 1. The van der Waals surface area contributed by atoms with Gasteiger partial charge < -0.3 is 34.2 Å². The summed E-state index contributed by atoms with van der Waals surface area (Å²) in [6, 6.07) is 0. The van der Waals surface area contributed by atoms with Gasteiger partial charge in [0.2, 0.25) is 0 Å². The topological polar surface area (TPSA) is 169 Å². The highest BCUT2D eigenvalue weighted by atomic mass is 31.2. The molecule has 0 heterocycles. The number of rotatable bonds is 35. The van der Waals surface area contributed by atoms with E-state index in [1.807, 2.05) is 27.2 Å². The predicted octanol–water partition coefficient (Wildman–Crippen LogP) is 8.84. The van der Waals surface area contributed by atoms with Crippen LogP contribution in [0.2, 0.25) is 0 Å². The minimum absolute atomic E-state index is 0.0163. The van der Waals surface area contributed by atoms with Crippen molar-refractivity contribution in [3.63, 3.8) is 0 Å². The Balaban J connectivity index is 2.52. The molecule has 0 spiro atoms. The molecule has 0 bridgehead atoms. The number of esters is 2. The van der Waals surface area contributed by atoms with Crippen LogP contribution < -0.4 is 0 Å². The van der Waals surface area contributed by atoms with Crippen LogP contribution >= 0.6 is 7.82 Å². The van der Waals surface area contributed by atoms with Gasteiger partial charge in [-0.2, -0.15) is 0 Å². The third kappa shape index (κ3) is 30.3. The van der Waals surface area contributed by atoms with Gasteiger partial charge in [0.15, 0.2) is 6.10 Å². The Morgan fingerprint density at radius 1 is 0.763 bits per heavy atom. The Kier molecular flexibility index (Phi) is 30.8. The highest BCUT2D eigenvalue weighted by molar-refractivity contribution is 7.47. The summed E-state index contributed by atoms with van der Waals surface area (Å²) in [5.74, 6) is -1.30. The van der Waals surface area contributed by atoms with Crippen molar-refractivity contribution in [3.05, 3.63) is 60.8 Å². The minimum Gasteiger partial charge on any atom is -0.462 e. The zero-order valence-electron chi connectivity index (χ0n) is 37.0. The summed E-state index contributed by atoms with van der Waals surface area (Å²) in [6.45, 7) is 3.89. The molecule has 7 atom stereocenters. The van der Waals surface area contributed by atoms with E-state index < -0.39 is 50.8 Å². The van der Waals surface area contributed by atoms with E-state index in [9.17, 15) is 34.4 Å². The standard InChI is InChI=1S/C46H80NO11P/c1-6-8-10-11-12-13-14-15-16-17-18-19-20-21-26-30-45(51)55-37-40(38-57-59(53,54)56-35-34-47(3,4)5)58-46(52)31-27-23-22-25-29-41-42(44(50)36-43(41)49)33-32-39(48)28-24-9-7-2/h8,10,12-13,15-16,18-19,32-33,39-44,48-50H,6-7,9,11,14,17,20-31,34-38H2,1-5H3/p+1/b10-8-,13-12-,16-15-,19-18-,33-32+/t39-,40+,41+,42+,43-,44+/m0/s1. The molecular weight excluding hydrogens is 773 g/mol. The van der Waals surface area contributed by atoms with Crippen molar-refractivity contribution >= 4 is 19.8 Å². The Morgan fingerprint density at radius 3 is 2.05 bits per heavy atom. The first-order chi connectivity index (χ1) is 28.2. The summed E-state index contributed by atoms with van der Waals surface area (Å²) < 4.78 is 34.2. The smallest absolute Gasteiger partial charge is 0.462 e. The summed E-state index contributed by atoms with van der Waals surface area (Å²) in [4.78, 5) is 35.6. The molecule has 4 N–H and O–H groups in total. The van der Waals surface area contributed by atoms with Crippen LogP contribution in [-0.2, 0) is 32.7 Å². The van der Waals surface area contributed by atoms with E-state index in [1.165, 1.54) is 0 Å². The molecule has 12 nitrogen and oxygen atoms in total. The molecule has 13 heteroatoms. The van der Waals surface area contributed by atoms with Gasteiger partial charge in [0.1, 0.15) is 19.8 Å². The second-order valence-electron chi connectivity index (χ2n) is 16.7. The lowest BCUT2D eigenvalue weighted by Crippen LogP contribution is -2.37. The predicted molar refractivity (Wildman–Crippen MR) is 235 cm³/mol. The molecule has 1 fully saturated rings. The lowest BCUT2D eigenvalue weighted by Gasteiger charge is -2.24. The quantitative estimate of drug-likeness (QED) is 0.0158. The minimum atomic E-state index is -4.45. The lowest BCUT2D eigenvalue weighted by atomic mass is 9.88. The normalized spacial score (nSPS) is 21.0. The van der Waals surface area contributed by atoms with Crippen LogP contribution in [0.3, 0.4) is 0 Å². The largest absolute Gasteiger partial charge is 0.472 e. The average Bonchev–Trinajstić information content (AvgIpc) is 3.44. The highest BCUT2D eigenvalue weighted by Crippen LogP contribution is 2.43. The molecule has 0 aromatic rings. The number of carbonyl (C=O) groups is 2. The van der Waals surface area contributed by atoms with Crippen LogP contribution in [0, 0.1) is 11.8 Å². The number of ether oxygens (including phenoxy) is 2. The number of likely N-dealkylation sites (N-methyl/N-ethyl adjacent to an activating group) is 1. The van der Waals surface area contributed by atoms with E-state index in [1.54, 1.807) is 6.08 Å². The van der Waals surface area contributed by atoms with Gasteiger partial charge >= 0.3 is 19.8 Å². The summed E-state index contributed by atoms with van der Waals surface area (Å²) in [7, 11) is 1.31. The van der Waals surface area contributed by atoms with E-state index in [4.69, 9.17) is 18.5 Å². The van der Waals surface area contributed by atoms with Crippen molar-refractivity contribution in [2.75, 3.05) is 47.5 Å². The number of hydrogen-bond donors (Lipinski definition) is 4. The van der Waals surface area contributed by atoms with E-state index in [0.717, 1.165) is 83.5 Å². The van der Waals surface area contributed by atoms with Gasteiger partial charge in [0, 0.05) is 25.2 Å². The Bertz CT molecular complexity index is 1310. The summed E-state index contributed by atoms with van der Waals surface area (Å²) in [6.07, 6.45) is 32.0. The number of unbranched alkanes of at least 4 members (excludes halogenated alkanes) is 7. The Labute approximate surface area is 356 Å². The molecule has 0 aromatic heterocycles. The van der Waals surface area contributed by atoms with E-state index in [0.29, 0.717) is 36.7 Å². The van der Waals surface area contributed by atoms with Crippen LogP contribution in [0.15, 0.2) is 60.8 Å². The third-order valence-corrected chi connectivity index (χ3v) is 11.1. The average molecular weight is 855 g/mol. The van der Waals surface area contributed by atoms with Gasteiger partial charge in [0.05, 0.1) is 46.1 Å². The highest BCUT2D eigenvalue weighted by Gasteiger charge is 2.39. The van der Waals surface area contributed by atoms with Crippen LogP contribution in [-0.4, -0.2) is 109 Å². The zero-order valence-corrected chi connectivity index (χ0v) is 37.9. The first-order valence-corrected chi connectivity index (χ1v) is 23.8. The number of aliphatic hydroxyl groups is 3. The maximum Gasteiger partial charge on any atom is 0.472 e. The van der Waals surface area contributed by atoms with Gasteiger partial charge in [-0.1, -0.05) is 113 Å². The molecule has 1 aliphatic carbocycles. The second kappa shape index (κ2) is 33.2. The molecule has 0 aliphatic heterocycles. The number of hydrogen-bond acceptors (Lipinski definition) is 10. The molecule has 59 heavy (non-hydrogen) atoms. The van der Waals surface area contributed by atoms with Crippen LogP contribution in [0.25, 0.3) is 0 Å². The molecule has 1 rings (SSSR count). The number of carbonyl (C=O) groups excluding carboxylic acids is 2. The van der Waals surface area contributed by atoms with Gasteiger partial charge in [-0.3, -0.25) is 18.6 Å². The number of phosphoric acid groups is 1. The fourth-order valence-corrected chi connectivity index (χ4v) is 7.37. The maximum atomic E-state index is 12.8.